The summed E-state index contributed by atoms with van der Waals surface area (Å²) < 4.78 is 0. The summed E-state index contributed by atoms with van der Waals surface area (Å²) in [5, 5.41) is 48.3. The number of aromatic nitrogens is 1. The van der Waals surface area contributed by atoms with E-state index < -0.39 is 132 Å². The average Bonchev–Trinajstić information content (AvgIpc) is 1.81. The number of carbonyl (C=O) groups excluding carboxylic acids is 11. The number of nitrogens with zero attached hydrogens (tertiary/aromatic N) is 3. The van der Waals surface area contributed by atoms with Gasteiger partial charge >= 0.3 is 0 Å². The van der Waals surface area contributed by atoms with Gasteiger partial charge in [-0.2, -0.15) is 0 Å². The normalized spacial score (nSPS) is 15.2. The van der Waals surface area contributed by atoms with Crippen LogP contribution in [0.3, 0.4) is 0 Å². The predicted octanol–water partition coefficient (Wildman–Crippen LogP) is -0.0244. The molecule has 1 aromatic heterocycles. The number of nitrogens with one attached hydrogen (secondary N) is 10. The Morgan fingerprint density at radius 2 is 1.01 bits per heavy atom. The van der Waals surface area contributed by atoms with Crippen molar-refractivity contribution in [3.8, 4) is 5.75 Å². The highest BCUT2D eigenvalue weighted by atomic mass is 35.5. The first-order valence-electron chi connectivity index (χ1n) is 34.6. The summed E-state index contributed by atoms with van der Waals surface area (Å²) in [5.41, 5.74) is 30.7. The lowest BCUT2D eigenvalue weighted by Crippen LogP contribution is -2.61. The molecule has 0 spiro atoms. The van der Waals surface area contributed by atoms with Crippen molar-refractivity contribution < 1.29 is 63.0 Å². The number of guanidine groups is 2. The van der Waals surface area contributed by atoms with E-state index in [1.165, 1.54) is 43.0 Å². The summed E-state index contributed by atoms with van der Waals surface area (Å²) in [6, 6.07) is 18.6. The number of likely N-dealkylation sites (tertiary alicyclic amines) is 1. The Morgan fingerprint density at radius 1 is 0.543 bits per heavy atom. The molecule has 2 heterocycles. The van der Waals surface area contributed by atoms with Crippen molar-refractivity contribution in [2.45, 2.75) is 159 Å². The largest absolute Gasteiger partial charge is 0.508 e. The fraction of sp³-hybridized carbons (Fsp3) is 0.411. The Labute approximate surface area is 612 Å². The highest BCUT2D eigenvalue weighted by Crippen LogP contribution is 2.24. The topological polar surface area (TPSA) is 510 Å². The molecule has 22 N–H and O–H groups in total. The molecule has 5 aromatic carbocycles. The van der Waals surface area contributed by atoms with Gasteiger partial charge in [-0.1, -0.05) is 110 Å². The SMILES string of the molecule is CC(=O)N[C@@H](Cc1ccc2ccccc2c1)C(=O)N[C@@H](Cc1ccc(Cl)cc1)C(=O)N[C@@H](Cc1c[nH]c2ccccc12)C(=O)N[C@@H](CO)C(=O)N[C@@H](Cc1ccc(O)cc1)C(=O)N[C@@H](CCCN=C(N)N)C(=O)N[C@@H](CC(C)C)C(=O)N[C@@H](CCCN=C(N)N)C(=O)N1CCC[C@H]1C(=O)N[C@@H](C)C(N)=O. The van der Waals surface area contributed by atoms with Crippen molar-refractivity contribution in [2.24, 2.45) is 44.6 Å². The maximum atomic E-state index is 15.0. The number of benzene rings is 5. The molecule has 0 saturated carbocycles. The number of aliphatic hydroxyl groups is 1. The average molecular weight is 1470 g/mol. The third-order valence-electron chi connectivity index (χ3n) is 17.6. The Hall–Kier alpha value is -11.3. The predicted molar refractivity (Wildman–Crippen MR) is 396 cm³/mol. The van der Waals surface area contributed by atoms with Gasteiger partial charge in [0, 0.05) is 74.4 Å². The highest BCUT2D eigenvalue weighted by molar-refractivity contribution is 6.30. The standard InChI is InChI=1S/C73H95ClN18O13/c1-40(2)32-55(64(98)86-54(17-10-30-81-73(78)79)71(105)92-31-11-18-61(92)70(104)83-41(3)62(75)96)87-63(97)53(16-9-29-80-72(76)77)85-66(100)57(35-44-22-27-50(95)28-23-44)89-69(103)60(39-93)91-68(102)59(37-48-38-82-52-15-8-7-14-51(48)52)90-67(101)58(34-43-20-25-49(74)26-21-43)88-65(99)56(84-42(4)94)36-45-19-24-46-12-5-6-13-47(46)33-45/h5-8,12-15,19-28,33,38,40-41,53-61,82,93,95H,9-11,16-18,29-32,34-37,39H2,1-4H3,(H2,75,96)(H,83,104)(H,84,94)(H,85,100)(H,86,98)(H,87,97)(H,88,99)(H,89,103)(H,90,101)(H,91,102)(H4,76,77,80)(H4,78,79,81)/t41-,53-,54-,55-,56-,57-,58-,59-,60-,61-/m0/s1. The van der Waals surface area contributed by atoms with Crippen molar-refractivity contribution in [2.75, 3.05) is 26.2 Å². The summed E-state index contributed by atoms with van der Waals surface area (Å²) in [4.78, 5) is 169. The summed E-state index contributed by atoms with van der Waals surface area (Å²) >= 11 is 6.26. The molecule has 0 radical (unpaired) electrons. The number of aromatic amines is 1. The van der Waals surface area contributed by atoms with E-state index in [1.807, 2.05) is 42.5 Å². The van der Waals surface area contributed by atoms with Gasteiger partial charge in [0.2, 0.25) is 65.0 Å². The second-order valence-electron chi connectivity index (χ2n) is 26.4. The number of H-pyrrole nitrogens is 1. The van der Waals surface area contributed by atoms with E-state index in [0.29, 0.717) is 44.6 Å². The van der Waals surface area contributed by atoms with Crippen LogP contribution in [-0.4, -0.2) is 184 Å². The zero-order valence-corrected chi connectivity index (χ0v) is 59.8. The number of amides is 11. The van der Waals surface area contributed by atoms with Crippen LogP contribution >= 0.6 is 11.6 Å². The summed E-state index contributed by atoms with van der Waals surface area (Å²) in [5.74, 6) is -9.87. The Kier molecular flexibility index (Phi) is 30.3. The van der Waals surface area contributed by atoms with E-state index in [0.717, 1.165) is 10.8 Å². The molecule has 32 heteroatoms. The first kappa shape index (κ1) is 81.0. The molecule has 6 aromatic rings. The molecule has 11 amide bonds. The molecule has 562 valence electrons. The van der Waals surface area contributed by atoms with E-state index in [2.05, 4.69) is 62.8 Å². The lowest BCUT2D eigenvalue weighted by molar-refractivity contribution is -0.142. The van der Waals surface area contributed by atoms with Gasteiger partial charge in [0.15, 0.2) is 11.9 Å². The molecular formula is C73H95ClN18O13. The maximum Gasteiger partial charge on any atom is 0.245 e. The number of aliphatic imine (C=N–C) groups is 2. The van der Waals surface area contributed by atoms with E-state index >= 15 is 4.79 Å². The first-order valence-corrected chi connectivity index (χ1v) is 35.0. The van der Waals surface area contributed by atoms with Crippen LogP contribution in [0.5, 0.6) is 5.75 Å². The monoisotopic (exact) mass is 1470 g/mol. The number of phenolic OH excluding ortho intramolecular Hbond substituents is 1. The van der Waals surface area contributed by atoms with Crippen LogP contribution in [0, 0.1) is 5.92 Å². The molecule has 0 unspecified atom stereocenters. The highest BCUT2D eigenvalue weighted by Gasteiger charge is 2.40. The molecular weight excluding hydrogens is 1370 g/mol. The van der Waals surface area contributed by atoms with Crippen molar-refractivity contribution in [1.82, 2.24) is 57.7 Å². The quantitative estimate of drug-likeness (QED) is 0.0138. The maximum absolute atomic E-state index is 15.0. The lowest BCUT2D eigenvalue weighted by atomic mass is 9.99. The van der Waals surface area contributed by atoms with E-state index in [1.54, 1.807) is 68.6 Å². The minimum Gasteiger partial charge on any atom is -0.508 e. The number of aromatic hydroxyl groups is 1. The Morgan fingerprint density at radius 3 is 1.58 bits per heavy atom. The van der Waals surface area contributed by atoms with Gasteiger partial charge in [-0.25, -0.2) is 0 Å². The van der Waals surface area contributed by atoms with Crippen LogP contribution in [0.2, 0.25) is 5.02 Å². The second-order valence-corrected chi connectivity index (χ2v) is 26.8. The smallest absolute Gasteiger partial charge is 0.245 e. The van der Waals surface area contributed by atoms with Crippen LogP contribution in [0.1, 0.15) is 94.9 Å². The number of halogens is 1. The molecule has 105 heavy (non-hydrogen) atoms. The van der Waals surface area contributed by atoms with Crippen molar-refractivity contribution in [3.63, 3.8) is 0 Å². The molecule has 1 fully saturated rings. The van der Waals surface area contributed by atoms with Crippen molar-refractivity contribution in [3.05, 3.63) is 149 Å². The van der Waals surface area contributed by atoms with Gasteiger partial charge in [0.25, 0.3) is 0 Å². The summed E-state index contributed by atoms with van der Waals surface area (Å²) in [7, 11) is 0. The number of nitrogens with two attached hydrogens (primary N) is 5. The molecule has 0 bridgehead atoms. The van der Waals surface area contributed by atoms with E-state index in [9.17, 15) is 58.2 Å². The van der Waals surface area contributed by atoms with Crippen molar-refractivity contribution >= 4 is 110 Å². The van der Waals surface area contributed by atoms with Crippen LogP contribution in [0.15, 0.2) is 131 Å². The lowest BCUT2D eigenvalue weighted by Gasteiger charge is -2.31. The summed E-state index contributed by atoms with van der Waals surface area (Å²) in [6.45, 7) is 5.29. The summed E-state index contributed by atoms with van der Waals surface area (Å²) in [6.07, 6.45) is 1.66. The van der Waals surface area contributed by atoms with Crippen LogP contribution < -0.4 is 76.5 Å². The fourth-order valence-electron chi connectivity index (χ4n) is 12.1. The number of hydrogen-bond donors (Lipinski definition) is 17. The fourth-order valence-corrected chi connectivity index (χ4v) is 12.3. The number of carbonyl (C=O) groups is 11. The minimum atomic E-state index is -1.84. The van der Waals surface area contributed by atoms with Gasteiger partial charge in [-0.05, 0) is 121 Å². The van der Waals surface area contributed by atoms with E-state index in [4.69, 9.17) is 40.3 Å². The van der Waals surface area contributed by atoms with Gasteiger partial charge in [0.05, 0.1) is 6.61 Å². The van der Waals surface area contributed by atoms with Gasteiger partial charge in [0.1, 0.15) is 66.2 Å². The number of primary amides is 1. The molecule has 31 nitrogen and oxygen atoms in total. The number of fused-ring (bicyclic) bond motifs is 2. The molecule has 10 atom stereocenters. The number of para-hydroxylation sites is 1. The molecule has 1 aliphatic heterocycles. The molecule has 1 aliphatic rings. The Balaban J connectivity index is 1.15. The second kappa shape index (κ2) is 39.3. The molecule has 7 rings (SSSR count). The zero-order chi connectivity index (χ0) is 76.4. The van der Waals surface area contributed by atoms with Crippen LogP contribution in [0.4, 0.5) is 0 Å². The zero-order valence-electron chi connectivity index (χ0n) is 59.0. The van der Waals surface area contributed by atoms with Gasteiger partial charge < -0.3 is 96.6 Å². The number of phenols is 1. The molecule has 1 saturated heterocycles. The molecule has 0 aliphatic carbocycles. The Bertz CT molecular complexity index is 4110. The van der Waals surface area contributed by atoms with Gasteiger partial charge in [-0.15, -0.1) is 0 Å². The first-order chi connectivity index (χ1) is 50.0. The third kappa shape index (κ3) is 25.0. The van der Waals surface area contributed by atoms with Gasteiger partial charge in [-0.3, -0.25) is 62.7 Å². The van der Waals surface area contributed by atoms with Crippen LogP contribution in [-0.2, 0) is 78.4 Å². The number of aliphatic hydroxyl groups excluding tert-OH is 1. The third-order valence-corrected chi connectivity index (χ3v) is 17.8. The van der Waals surface area contributed by atoms with E-state index in [-0.39, 0.29) is 107 Å². The number of rotatable bonds is 38. The minimum absolute atomic E-state index is 0.00471. The number of hydrogen-bond acceptors (Lipinski definition) is 15. The van der Waals surface area contributed by atoms with Crippen molar-refractivity contribution in [1.29, 1.82) is 0 Å². The van der Waals surface area contributed by atoms with Crippen LogP contribution in [0.25, 0.3) is 21.7 Å².